The summed E-state index contributed by atoms with van der Waals surface area (Å²) in [4.78, 5) is 22.6. The van der Waals surface area contributed by atoms with Crippen LogP contribution in [0.4, 0.5) is 4.39 Å². The number of hydrogen-bond donors (Lipinski definition) is 1. The molecular formula is C15H14FNO4. The van der Waals surface area contributed by atoms with Crippen molar-refractivity contribution in [2.45, 2.75) is 19.6 Å². The molecule has 0 spiro atoms. The molecule has 0 aliphatic heterocycles. The van der Waals surface area contributed by atoms with Crippen LogP contribution in [0.1, 0.15) is 12.0 Å². The molecule has 1 aromatic carbocycles. The first-order valence-corrected chi connectivity index (χ1v) is 6.35. The Hall–Kier alpha value is -2.63. The van der Waals surface area contributed by atoms with Crippen molar-refractivity contribution in [2.24, 2.45) is 0 Å². The summed E-state index contributed by atoms with van der Waals surface area (Å²) < 4.78 is 19.5. The van der Waals surface area contributed by atoms with Crippen molar-refractivity contribution in [2.75, 3.05) is 0 Å². The van der Waals surface area contributed by atoms with Gasteiger partial charge in [0.25, 0.3) is 5.56 Å². The van der Waals surface area contributed by atoms with Crippen molar-refractivity contribution in [3.05, 3.63) is 64.3 Å². The van der Waals surface area contributed by atoms with Crippen LogP contribution in [0.3, 0.4) is 0 Å². The molecule has 6 heteroatoms. The van der Waals surface area contributed by atoms with Gasteiger partial charge in [-0.05, 0) is 29.8 Å². The summed E-state index contributed by atoms with van der Waals surface area (Å²) in [6.07, 6.45) is 1.37. The van der Waals surface area contributed by atoms with Crippen LogP contribution in [0.2, 0.25) is 0 Å². The number of carboxylic acid groups (broad SMARTS) is 1. The zero-order chi connectivity index (χ0) is 15.2. The van der Waals surface area contributed by atoms with Crippen molar-refractivity contribution in [1.82, 2.24) is 4.57 Å². The van der Waals surface area contributed by atoms with Crippen molar-refractivity contribution in [1.29, 1.82) is 0 Å². The van der Waals surface area contributed by atoms with Crippen LogP contribution in [0.25, 0.3) is 0 Å². The van der Waals surface area contributed by atoms with E-state index in [0.29, 0.717) is 0 Å². The van der Waals surface area contributed by atoms with E-state index in [1.165, 1.54) is 29.0 Å². The molecule has 0 aliphatic carbocycles. The van der Waals surface area contributed by atoms with E-state index in [0.717, 1.165) is 5.56 Å². The van der Waals surface area contributed by atoms with Gasteiger partial charge in [0.2, 0.25) is 0 Å². The highest BCUT2D eigenvalue weighted by atomic mass is 19.1. The van der Waals surface area contributed by atoms with Crippen LogP contribution in [0.15, 0.2) is 47.4 Å². The third kappa shape index (κ3) is 4.17. The second-order valence-corrected chi connectivity index (χ2v) is 4.43. The first-order chi connectivity index (χ1) is 10.1. The lowest BCUT2D eigenvalue weighted by molar-refractivity contribution is -0.137. The van der Waals surface area contributed by atoms with Gasteiger partial charge in [-0.25, -0.2) is 4.39 Å². The molecule has 0 radical (unpaired) electrons. The fourth-order valence-electron chi connectivity index (χ4n) is 1.76. The number of rotatable bonds is 6. The molecule has 1 N–H and O–H groups in total. The van der Waals surface area contributed by atoms with E-state index in [4.69, 9.17) is 9.84 Å². The fourth-order valence-corrected chi connectivity index (χ4v) is 1.76. The van der Waals surface area contributed by atoms with E-state index in [1.807, 2.05) is 0 Å². The lowest BCUT2D eigenvalue weighted by Gasteiger charge is -2.08. The summed E-state index contributed by atoms with van der Waals surface area (Å²) in [5.41, 5.74) is 0.345. The number of pyridine rings is 1. The third-order valence-electron chi connectivity index (χ3n) is 2.86. The molecule has 0 saturated carbocycles. The van der Waals surface area contributed by atoms with E-state index in [9.17, 15) is 14.0 Å². The Balaban J connectivity index is 2.06. The number of carbonyl (C=O) groups is 1. The van der Waals surface area contributed by atoms with Crippen LogP contribution in [0.5, 0.6) is 5.75 Å². The molecule has 5 nitrogen and oxygen atoms in total. The van der Waals surface area contributed by atoms with Crippen LogP contribution >= 0.6 is 0 Å². The topological polar surface area (TPSA) is 68.5 Å². The van der Waals surface area contributed by atoms with Gasteiger partial charge in [0.1, 0.15) is 12.4 Å². The second-order valence-electron chi connectivity index (χ2n) is 4.43. The minimum Gasteiger partial charge on any atom is -0.483 e. The molecule has 0 aliphatic rings. The van der Waals surface area contributed by atoms with Crippen LogP contribution in [0, 0.1) is 5.82 Å². The predicted octanol–water partition coefficient (Wildman–Crippen LogP) is 2.04. The average molecular weight is 291 g/mol. The highest BCUT2D eigenvalue weighted by molar-refractivity contribution is 5.66. The Bertz CT molecular complexity index is 679. The highest BCUT2D eigenvalue weighted by Crippen LogP contribution is 2.08. The van der Waals surface area contributed by atoms with Gasteiger partial charge in [0.05, 0.1) is 6.42 Å². The minimum absolute atomic E-state index is 0.0852. The second kappa shape index (κ2) is 6.69. The number of benzene rings is 1. The zero-order valence-corrected chi connectivity index (χ0v) is 11.2. The normalized spacial score (nSPS) is 10.3. The number of ether oxygens (including phenoxy) is 1. The molecule has 2 aromatic rings. The van der Waals surface area contributed by atoms with E-state index in [-0.39, 0.29) is 36.7 Å². The SMILES string of the molecule is O=C(O)CCn1cccc(OCc2ccc(F)cc2)c1=O. The molecular weight excluding hydrogens is 277 g/mol. The molecule has 2 rings (SSSR count). The summed E-state index contributed by atoms with van der Waals surface area (Å²) >= 11 is 0. The molecule has 0 bridgehead atoms. The monoisotopic (exact) mass is 291 g/mol. The van der Waals surface area contributed by atoms with E-state index in [2.05, 4.69) is 0 Å². The summed E-state index contributed by atoms with van der Waals surface area (Å²) in [7, 11) is 0. The highest BCUT2D eigenvalue weighted by Gasteiger charge is 2.06. The van der Waals surface area contributed by atoms with Crippen molar-refractivity contribution < 1.29 is 19.0 Å². The summed E-state index contributed by atoms with van der Waals surface area (Å²) in [6.45, 7) is 0.223. The maximum Gasteiger partial charge on any atom is 0.305 e. The van der Waals surface area contributed by atoms with E-state index >= 15 is 0 Å². The van der Waals surface area contributed by atoms with Gasteiger partial charge in [-0.3, -0.25) is 9.59 Å². The Labute approximate surface area is 120 Å². The summed E-state index contributed by atoms with van der Waals surface area (Å²) in [5, 5.41) is 8.63. The van der Waals surface area contributed by atoms with Gasteiger partial charge in [0, 0.05) is 12.7 Å². The van der Waals surface area contributed by atoms with Gasteiger partial charge in [-0.2, -0.15) is 0 Å². The summed E-state index contributed by atoms with van der Waals surface area (Å²) in [6, 6.07) is 8.90. The molecule has 110 valence electrons. The maximum atomic E-state index is 12.8. The minimum atomic E-state index is -0.973. The molecule has 0 unspecified atom stereocenters. The smallest absolute Gasteiger partial charge is 0.305 e. The number of carboxylic acids is 1. The van der Waals surface area contributed by atoms with Gasteiger partial charge < -0.3 is 14.4 Å². The Morgan fingerprint density at radius 3 is 2.62 bits per heavy atom. The molecule has 0 amide bonds. The average Bonchev–Trinajstić information content (AvgIpc) is 2.46. The Kier molecular flexibility index (Phi) is 4.71. The number of aliphatic carboxylic acids is 1. The lowest BCUT2D eigenvalue weighted by atomic mass is 10.2. The fraction of sp³-hybridized carbons (Fsp3) is 0.200. The number of nitrogens with zero attached hydrogens (tertiary/aromatic N) is 1. The maximum absolute atomic E-state index is 12.8. The van der Waals surface area contributed by atoms with Crippen LogP contribution in [-0.2, 0) is 17.9 Å². The molecule has 0 atom stereocenters. The number of hydrogen-bond acceptors (Lipinski definition) is 3. The van der Waals surface area contributed by atoms with Crippen molar-refractivity contribution in [3.63, 3.8) is 0 Å². The Morgan fingerprint density at radius 1 is 1.24 bits per heavy atom. The standard InChI is InChI=1S/C15H14FNO4/c16-12-5-3-11(4-6-12)10-21-13-2-1-8-17(15(13)20)9-7-14(18)19/h1-6,8H,7,9-10H2,(H,18,19). The van der Waals surface area contributed by atoms with Crippen LogP contribution in [-0.4, -0.2) is 15.6 Å². The van der Waals surface area contributed by atoms with Gasteiger partial charge in [-0.15, -0.1) is 0 Å². The first kappa shape index (κ1) is 14.8. The van der Waals surface area contributed by atoms with Crippen molar-refractivity contribution >= 4 is 5.97 Å². The largest absolute Gasteiger partial charge is 0.483 e. The molecule has 1 aromatic heterocycles. The lowest BCUT2D eigenvalue weighted by Crippen LogP contribution is -2.22. The van der Waals surface area contributed by atoms with E-state index in [1.54, 1.807) is 18.2 Å². The van der Waals surface area contributed by atoms with Gasteiger partial charge in [0.15, 0.2) is 5.75 Å². The van der Waals surface area contributed by atoms with Crippen molar-refractivity contribution in [3.8, 4) is 5.75 Å². The third-order valence-corrected chi connectivity index (χ3v) is 2.86. The number of aryl methyl sites for hydroxylation is 1. The first-order valence-electron chi connectivity index (χ1n) is 6.35. The molecule has 1 heterocycles. The number of aromatic nitrogens is 1. The predicted molar refractivity (Wildman–Crippen MR) is 73.7 cm³/mol. The quantitative estimate of drug-likeness (QED) is 0.884. The summed E-state index contributed by atoms with van der Waals surface area (Å²) in [5.74, 6) is -1.18. The number of halogens is 1. The van der Waals surface area contributed by atoms with Crippen LogP contribution < -0.4 is 10.3 Å². The zero-order valence-electron chi connectivity index (χ0n) is 11.2. The molecule has 21 heavy (non-hydrogen) atoms. The molecule has 0 fully saturated rings. The van der Waals surface area contributed by atoms with Gasteiger partial charge in [-0.1, -0.05) is 12.1 Å². The van der Waals surface area contributed by atoms with E-state index < -0.39 is 5.97 Å². The molecule has 0 saturated heterocycles. The Morgan fingerprint density at radius 2 is 1.95 bits per heavy atom. The van der Waals surface area contributed by atoms with Gasteiger partial charge >= 0.3 is 5.97 Å².